The number of anilines is 2. The van der Waals surface area contributed by atoms with E-state index < -0.39 is 5.91 Å². The molecule has 6 nitrogen and oxygen atoms in total. The van der Waals surface area contributed by atoms with Gasteiger partial charge in [0.25, 0.3) is 5.91 Å². The Labute approximate surface area is 148 Å². The standard InChI is InChI=1S/C16H14ClN5OS/c1-24-13-7-3-5-11(9-13)19-16(23)14-15(18)22(21-20-14)12-6-2-4-10(17)8-12/h2-9H,18H2,1H3,(H,19,23). The molecule has 1 amide bonds. The molecule has 0 aliphatic rings. The first-order valence-corrected chi connectivity index (χ1v) is 8.61. The first-order chi connectivity index (χ1) is 11.6. The third-order valence-corrected chi connectivity index (χ3v) is 4.26. The normalized spacial score (nSPS) is 10.6. The van der Waals surface area contributed by atoms with Crippen LogP contribution in [-0.2, 0) is 0 Å². The van der Waals surface area contributed by atoms with Gasteiger partial charge in [0.15, 0.2) is 11.5 Å². The molecule has 0 atom stereocenters. The van der Waals surface area contributed by atoms with Crippen molar-refractivity contribution in [3.63, 3.8) is 0 Å². The summed E-state index contributed by atoms with van der Waals surface area (Å²) in [5.74, 6) is -0.269. The zero-order chi connectivity index (χ0) is 17.1. The Kier molecular flexibility index (Phi) is 4.73. The van der Waals surface area contributed by atoms with Gasteiger partial charge in [0.05, 0.1) is 5.69 Å². The van der Waals surface area contributed by atoms with Gasteiger partial charge < -0.3 is 11.1 Å². The van der Waals surface area contributed by atoms with Crippen LogP contribution in [0.4, 0.5) is 11.5 Å². The average molecular weight is 360 g/mol. The van der Waals surface area contributed by atoms with Crippen LogP contribution in [0.3, 0.4) is 0 Å². The minimum Gasteiger partial charge on any atom is -0.382 e. The highest BCUT2D eigenvalue weighted by Gasteiger charge is 2.18. The van der Waals surface area contributed by atoms with Gasteiger partial charge in [0.1, 0.15) is 0 Å². The Balaban J connectivity index is 1.86. The molecule has 122 valence electrons. The minimum atomic E-state index is -0.418. The van der Waals surface area contributed by atoms with Crippen molar-refractivity contribution in [2.24, 2.45) is 0 Å². The Morgan fingerprint density at radius 2 is 2.04 bits per heavy atom. The van der Waals surface area contributed by atoms with E-state index >= 15 is 0 Å². The number of nitrogens with one attached hydrogen (secondary N) is 1. The number of carbonyl (C=O) groups is 1. The maximum absolute atomic E-state index is 12.4. The number of nitrogens with two attached hydrogens (primary N) is 1. The van der Waals surface area contributed by atoms with Crippen LogP contribution < -0.4 is 11.1 Å². The molecule has 0 radical (unpaired) electrons. The highest BCUT2D eigenvalue weighted by atomic mass is 35.5. The van der Waals surface area contributed by atoms with Crippen molar-refractivity contribution in [2.45, 2.75) is 4.90 Å². The van der Waals surface area contributed by atoms with Crippen LogP contribution in [0.2, 0.25) is 5.02 Å². The number of thioether (sulfide) groups is 1. The molecule has 0 bridgehead atoms. The maximum Gasteiger partial charge on any atom is 0.280 e. The van der Waals surface area contributed by atoms with Gasteiger partial charge in [-0.1, -0.05) is 28.9 Å². The largest absolute Gasteiger partial charge is 0.382 e. The molecule has 2 aromatic carbocycles. The summed E-state index contributed by atoms with van der Waals surface area (Å²) in [5.41, 5.74) is 7.39. The summed E-state index contributed by atoms with van der Waals surface area (Å²) in [6.45, 7) is 0. The molecule has 0 spiro atoms. The van der Waals surface area contributed by atoms with E-state index in [1.54, 1.807) is 42.1 Å². The Morgan fingerprint density at radius 3 is 2.79 bits per heavy atom. The van der Waals surface area contributed by atoms with Gasteiger partial charge in [0, 0.05) is 15.6 Å². The second-order valence-electron chi connectivity index (χ2n) is 4.90. The number of nitrogens with zero attached hydrogens (tertiary/aromatic N) is 3. The molecule has 0 saturated heterocycles. The molecule has 24 heavy (non-hydrogen) atoms. The van der Waals surface area contributed by atoms with Crippen LogP contribution >= 0.6 is 23.4 Å². The third kappa shape index (κ3) is 3.37. The molecule has 0 aliphatic carbocycles. The second-order valence-corrected chi connectivity index (χ2v) is 6.22. The van der Waals surface area contributed by atoms with Crippen molar-refractivity contribution in [2.75, 3.05) is 17.3 Å². The molecule has 0 fully saturated rings. The summed E-state index contributed by atoms with van der Waals surface area (Å²) >= 11 is 7.56. The van der Waals surface area contributed by atoms with Crippen molar-refractivity contribution in [1.29, 1.82) is 0 Å². The van der Waals surface area contributed by atoms with E-state index in [1.807, 2.05) is 24.5 Å². The molecular formula is C16H14ClN5OS. The predicted octanol–water partition coefficient (Wildman–Crippen LogP) is 3.48. The fourth-order valence-corrected chi connectivity index (χ4v) is 2.78. The SMILES string of the molecule is CSc1cccc(NC(=O)c2nnn(-c3cccc(Cl)c3)c2N)c1. The third-order valence-electron chi connectivity index (χ3n) is 3.30. The van der Waals surface area contributed by atoms with Crippen molar-refractivity contribution >= 4 is 40.8 Å². The summed E-state index contributed by atoms with van der Waals surface area (Å²) < 4.78 is 1.37. The number of halogens is 1. The van der Waals surface area contributed by atoms with Gasteiger partial charge in [0.2, 0.25) is 0 Å². The van der Waals surface area contributed by atoms with E-state index in [1.165, 1.54) is 4.68 Å². The van der Waals surface area contributed by atoms with Crippen LogP contribution in [0, 0.1) is 0 Å². The highest BCUT2D eigenvalue weighted by molar-refractivity contribution is 7.98. The van der Waals surface area contributed by atoms with Gasteiger partial charge in [-0.2, -0.15) is 4.68 Å². The molecular weight excluding hydrogens is 346 g/mol. The van der Waals surface area contributed by atoms with Gasteiger partial charge in [-0.3, -0.25) is 4.79 Å². The Bertz CT molecular complexity index is 896. The van der Waals surface area contributed by atoms with Crippen molar-refractivity contribution in [3.8, 4) is 5.69 Å². The van der Waals surface area contributed by atoms with Crippen LogP contribution in [-0.4, -0.2) is 27.2 Å². The van der Waals surface area contributed by atoms with Crippen molar-refractivity contribution in [3.05, 3.63) is 59.2 Å². The second kappa shape index (κ2) is 6.94. The quantitative estimate of drug-likeness (QED) is 0.696. The minimum absolute atomic E-state index is 0.0598. The molecule has 1 aromatic heterocycles. The first-order valence-electron chi connectivity index (χ1n) is 7.01. The lowest BCUT2D eigenvalue weighted by molar-refractivity contribution is 0.102. The molecule has 3 rings (SSSR count). The lowest BCUT2D eigenvalue weighted by Gasteiger charge is -2.06. The Morgan fingerprint density at radius 1 is 1.25 bits per heavy atom. The fourth-order valence-electron chi connectivity index (χ4n) is 2.14. The summed E-state index contributed by atoms with van der Waals surface area (Å²) in [6.07, 6.45) is 1.97. The molecule has 0 saturated carbocycles. The molecule has 3 N–H and O–H groups in total. The lowest BCUT2D eigenvalue weighted by atomic mass is 10.3. The number of carbonyl (C=O) groups excluding carboxylic acids is 1. The van der Waals surface area contributed by atoms with Gasteiger partial charge in [-0.05, 0) is 42.7 Å². The topological polar surface area (TPSA) is 85.8 Å². The number of hydrogen-bond donors (Lipinski definition) is 2. The van der Waals surface area contributed by atoms with E-state index in [0.29, 0.717) is 16.4 Å². The summed E-state index contributed by atoms with van der Waals surface area (Å²) in [4.78, 5) is 13.5. The fraction of sp³-hybridized carbons (Fsp3) is 0.0625. The van der Waals surface area contributed by atoms with Crippen LogP contribution in [0.15, 0.2) is 53.4 Å². The van der Waals surface area contributed by atoms with Gasteiger partial charge >= 0.3 is 0 Å². The number of nitrogen functional groups attached to an aromatic ring is 1. The van der Waals surface area contributed by atoms with Crippen LogP contribution in [0.5, 0.6) is 0 Å². The Hall–Kier alpha value is -2.51. The average Bonchev–Trinajstić information content (AvgIpc) is 2.96. The zero-order valence-electron chi connectivity index (χ0n) is 12.7. The zero-order valence-corrected chi connectivity index (χ0v) is 14.3. The summed E-state index contributed by atoms with van der Waals surface area (Å²) in [6, 6.07) is 14.5. The highest BCUT2D eigenvalue weighted by Crippen LogP contribution is 2.21. The number of rotatable bonds is 4. The van der Waals surface area contributed by atoms with Crippen molar-refractivity contribution < 1.29 is 4.79 Å². The van der Waals surface area contributed by atoms with Crippen LogP contribution in [0.1, 0.15) is 10.5 Å². The number of amides is 1. The molecule has 0 unspecified atom stereocenters. The molecule has 0 aliphatic heterocycles. The van der Waals surface area contributed by atoms with E-state index in [-0.39, 0.29) is 11.5 Å². The monoisotopic (exact) mass is 359 g/mol. The summed E-state index contributed by atoms with van der Waals surface area (Å²) in [5, 5.41) is 11.1. The molecule has 3 aromatic rings. The number of hydrogen-bond acceptors (Lipinski definition) is 5. The predicted molar refractivity (Wildman–Crippen MR) is 97.0 cm³/mol. The van der Waals surface area contributed by atoms with Crippen molar-refractivity contribution in [1.82, 2.24) is 15.0 Å². The smallest absolute Gasteiger partial charge is 0.280 e. The summed E-state index contributed by atoms with van der Waals surface area (Å²) in [7, 11) is 0. The van der Waals surface area contributed by atoms with E-state index in [9.17, 15) is 4.79 Å². The number of aromatic nitrogens is 3. The molecule has 8 heteroatoms. The first kappa shape index (κ1) is 16.4. The van der Waals surface area contributed by atoms with Gasteiger partial charge in [-0.25, -0.2) is 0 Å². The lowest BCUT2D eigenvalue weighted by Crippen LogP contribution is -2.15. The van der Waals surface area contributed by atoms with E-state index in [2.05, 4.69) is 15.6 Å². The maximum atomic E-state index is 12.4. The number of benzene rings is 2. The van der Waals surface area contributed by atoms with Gasteiger partial charge in [-0.15, -0.1) is 16.9 Å². The van der Waals surface area contributed by atoms with Crippen LogP contribution in [0.25, 0.3) is 5.69 Å². The van der Waals surface area contributed by atoms with E-state index in [4.69, 9.17) is 17.3 Å². The molecule has 1 heterocycles. The van der Waals surface area contributed by atoms with E-state index in [0.717, 1.165) is 4.90 Å².